The van der Waals surface area contributed by atoms with E-state index in [-0.39, 0.29) is 22.2 Å². The molecule has 0 atom stereocenters. The average molecular weight is 455 g/mol. The number of methoxy groups -OCH3 is 2. The Hall–Kier alpha value is -3.85. The van der Waals surface area contributed by atoms with Gasteiger partial charge < -0.3 is 14.8 Å². The third kappa shape index (κ3) is 5.06. The normalized spacial score (nSPS) is 10.8. The van der Waals surface area contributed by atoms with Crippen LogP contribution in [0.2, 0.25) is 0 Å². The Morgan fingerprint density at radius 3 is 2.22 bits per heavy atom. The van der Waals surface area contributed by atoms with Crippen molar-refractivity contribution in [3.8, 4) is 5.75 Å². The minimum atomic E-state index is -3.98. The molecule has 3 aromatic rings. The number of anilines is 2. The van der Waals surface area contributed by atoms with E-state index in [2.05, 4.69) is 14.8 Å². The zero-order valence-electron chi connectivity index (χ0n) is 17.7. The van der Waals surface area contributed by atoms with Crippen LogP contribution >= 0.6 is 0 Å². The third-order valence-electron chi connectivity index (χ3n) is 4.68. The Bertz CT molecular complexity index is 1250. The first-order valence-corrected chi connectivity index (χ1v) is 11.0. The number of carbonyl (C=O) groups is 2. The van der Waals surface area contributed by atoms with Crippen LogP contribution in [0.15, 0.2) is 71.6 Å². The zero-order valence-corrected chi connectivity index (χ0v) is 18.5. The number of rotatable bonds is 7. The second-order valence-corrected chi connectivity index (χ2v) is 8.49. The Morgan fingerprint density at radius 2 is 1.59 bits per heavy atom. The first-order chi connectivity index (χ1) is 15.2. The fourth-order valence-corrected chi connectivity index (χ4v) is 4.06. The number of esters is 1. The van der Waals surface area contributed by atoms with Crippen LogP contribution < -0.4 is 14.8 Å². The van der Waals surface area contributed by atoms with Crippen LogP contribution in [-0.4, -0.2) is 34.5 Å². The molecular weight excluding hydrogens is 432 g/mol. The van der Waals surface area contributed by atoms with Crippen molar-refractivity contribution in [2.45, 2.75) is 11.8 Å². The van der Waals surface area contributed by atoms with E-state index in [1.165, 1.54) is 56.7 Å². The Morgan fingerprint density at radius 1 is 0.906 bits per heavy atom. The van der Waals surface area contributed by atoms with Crippen molar-refractivity contribution in [3.05, 3.63) is 83.4 Å². The van der Waals surface area contributed by atoms with Crippen LogP contribution in [0.5, 0.6) is 5.75 Å². The van der Waals surface area contributed by atoms with Crippen LogP contribution in [0.25, 0.3) is 0 Å². The molecule has 8 nitrogen and oxygen atoms in total. The van der Waals surface area contributed by atoms with Gasteiger partial charge in [-0.05, 0) is 61.0 Å². The SMILES string of the molecule is COC(=O)c1ccc(NS(=O)(=O)c2ccc(OC)c(NC(=O)c3ccccc3C)c2)cc1. The van der Waals surface area contributed by atoms with Crippen molar-refractivity contribution >= 4 is 33.3 Å². The number of sulfonamides is 1. The molecular formula is C23H22N2O6S. The van der Waals surface area contributed by atoms with Gasteiger partial charge in [-0.2, -0.15) is 0 Å². The summed E-state index contributed by atoms with van der Waals surface area (Å²) < 4.78 is 38.1. The largest absolute Gasteiger partial charge is 0.495 e. The number of carbonyl (C=O) groups excluding carboxylic acids is 2. The van der Waals surface area contributed by atoms with Gasteiger partial charge in [0.05, 0.1) is 30.4 Å². The Kier molecular flexibility index (Phi) is 6.79. The summed E-state index contributed by atoms with van der Waals surface area (Å²) in [6.07, 6.45) is 0. The van der Waals surface area contributed by atoms with Gasteiger partial charge in [-0.25, -0.2) is 13.2 Å². The molecule has 0 aliphatic rings. The van der Waals surface area contributed by atoms with Crippen molar-refractivity contribution in [3.63, 3.8) is 0 Å². The van der Waals surface area contributed by atoms with Gasteiger partial charge in [0.2, 0.25) is 0 Å². The van der Waals surface area contributed by atoms with E-state index < -0.39 is 16.0 Å². The van der Waals surface area contributed by atoms with E-state index in [0.29, 0.717) is 16.9 Å². The molecule has 0 aliphatic carbocycles. The maximum atomic E-state index is 12.9. The fourth-order valence-electron chi connectivity index (χ4n) is 2.98. The maximum absolute atomic E-state index is 12.9. The van der Waals surface area contributed by atoms with Gasteiger partial charge in [-0.15, -0.1) is 0 Å². The quantitative estimate of drug-likeness (QED) is 0.525. The summed E-state index contributed by atoms with van der Waals surface area (Å²) in [5, 5.41) is 2.71. The molecule has 0 saturated heterocycles. The van der Waals surface area contributed by atoms with E-state index in [4.69, 9.17) is 4.74 Å². The van der Waals surface area contributed by atoms with Crippen LogP contribution in [0, 0.1) is 6.92 Å². The van der Waals surface area contributed by atoms with Gasteiger partial charge in [-0.1, -0.05) is 18.2 Å². The molecule has 0 bridgehead atoms. The van der Waals surface area contributed by atoms with Crippen molar-refractivity contribution < 1.29 is 27.5 Å². The van der Waals surface area contributed by atoms with E-state index in [0.717, 1.165) is 5.56 Å². The highest BCUT2D eigenvalue weighted by Gasteiger charge is 2.19. The van der Waals surface area contributed by atoms with E-state index in [1.54, 1.807) is 12.1 Å². The molecule has 0 spiro atoms. The summed E-state index contributed by atoms with van der Waals surface area (Å²) in [4.78, 5) is 24.2. The lowest BCUT2D eigenvalue weighted by Gasteiger charge is -2.14. The standard InChI is InChI=1S/C23H22N2O6S/c1-15-6-4-5-7-19(15)22(26)24-20-14-18(12-13-21(20)30-2)32(28,29)25-17-10-8-16(9-11-17)23(27)31-3/h4-14,25H,1-3H3,(H,24,26). The first kappa shape index (κ1) is 22.8. The highest BCUT2D eigenvalue weighted by atomic mass is 32.2. The molecule has 1 amide bonds. The lowest BCUT2D eigenvalue weighted by Crippen LogP contribution is -2.16. The number of ether oxygens (including phenoxy) is 2. The number of amides is 1. The van der Waals surface area contributed by atoms with E-state index >= 15 is 0 Å². The molecule has 0 saturated carbocycles. The molecule has 32 heavy (non-hydrogen) atoms. The number of aryl methyl sites for hydroxylation is 1. The maximum Gasteiger partial charge on any atom is 0.337 e. The molecule has 0 heterocycles. The van der Waals surface area contributed by atoms with Crippen LogP contribution in [0.3, 0.4) is 0 Å². The smallest absolute Gasteiger partial charge is 0.337 e. The Labute approximate surface area is 186 Å². The molecule has 0 aliphatic heterocycles. The molecule has 0 fully saturated rings. The summed E-state index contributed by atoms with van der Waals surface area (Å²) >= 11 is 0. The van der Waals surface area contributed by atoms with Crippen molar-refractivity contribution in [1.82, 2.24) is 0 Å². The van der Waals surface area contributed by atoms with E-state index in [1.807, 2.05) is 19.1 Å². The fraction of sp³-hybridized carbons (Fsp3) is 0.130. The molecule has 0 aromatic heterocycles. The Balaban J connectivity index is 1.87. The predicted molar refractivity (Wildman–Crippen MR) is 121 cm³/mol. The van der Waals surface area contributed by atoms with Crippen molar-refractivity contribution in [2.75, 3.05) is 24.3 Å². The second-order valence-electron chi connectivity index (χ2n) is 6.81. The second kappa shape index (κ2) is 9.52. The highest BCUT2D eigenvalue weighted by molar-refractivity contribution is 7.92. The van der Waals surface area contributed by atoms with Gasteiger partial charge in [0.25, 0.3) is 15.9 Å². The summed E-state index contributed by atoms with van der Waals surface area (Å²) in [6, 6.07) is 17.0. The highest BCUT2D eigenvalue weighted by Crippen LogP contribution is 2.29. The number of hydrogen-bond acceptors (Lipinski definition) is 6. The van der Waals surface area contributed by atoms with Crippen LogP contribution in [0.4, 0.5) is 11.4 Å². The number of benzene rings is 3. The molecule has 9 heteroatoms. The topological polar surface area (TPSA) is 111 Å². The molecule has 0 radical (unpaired) electrons. The molecule has 0 unspecified atom stereocenters. The first-order valence-electron chi connectivity index (χ1n) is 9.51. The summed E-state index contributed by atoms with van der Waals surface area (Å²) in [5.74, 6) is -0.598. The van der Waals surface area contributed by atoms with Crippen molar-refractivity contribution in [1.29, 1.82) is 0 Å². The zero-order chi connectivity index (χ0) is 23.3. The van der Waals surface area contributed by atoms with Crippen LogP contribution in [-0.2, 0) is 14.8 Å². The van der Waals surface area contributed by atoms with Crippen LogP contribution in [0.1, 0.15) is 26.3 Å². The number of hydrogen-bond donors (Lipinski definition) is 2. The van der Waals surface area contributed by atoms with Crippen molar-refractivity contribution in [2.24, 2.45) is 0 Å². The van der Waals surface area contributed by atoms with Gasteiger partial charge in [0.15, 0.2) is 0 Å². The average Bonchev–Trinajstić information content (AvgIpc) is 2.79. The number of nitrogens with one attached hydrogen (secondary N) is 2. The summed E-state index contributed by atoms with van der Waals surface area (Å²) in [5.41, 5.74) is 2.01. The molecule has 3 rings (SSSR count). The minimum absolute atomic E-state index is 0.0737. The molecule has 2 N–H and O–H groups in total. The summed E-state index contributed by atoms with van der Waals surface area (Å²) in [7, 11) is -1.29. The van der Waals surface area contributed by atoms with Gasteiger partial charge in [0.1, 0.15) is 5.75 Å². The molecule has 3 aromatic carbocycles. The predicted octanol–water partition coefficient (Wildman–Crippen LogP) is 3.84. The monoisotopic (exact) mass is 454 g/mol. The van der Waals surface area contributed by atoms with Gasteiger partial charge >= 0.3 is 5.97 Å². The minimum Gasteiger partial charge on any atom is -0.495 e. The van der Waals surface area contributed by atoms with E-state index in [9.17, 15) is 18.0 Å². The van der Waals surface area contributed by atoms with Gasteiger partial charge in [0, 0.05) is 11.3 Å². The molecule has 166 valence electrons. The lowest BCUT2D eigenvalue weighted by molar-refractivity contribution is 0.0600. The third-order valence-corrected chi connectivity index (χ3v) is 6.06. The summed E-state index contributed by atoms with van der Waals surface area (Å²) in [6.45, 7) is 1.81. The van der Waals surface area contributed by atoms with Gasteiger partial charge in [-0.3, -0.25) is 9.52 Å². The lowest BCUT2D eigenvalue weighted by atomic mass is 10.1.